The van der Waals surface area contributed by atoms with E-state index in [4.69, 9.17) is 0 Å². The maximum absolute atomic E-state index is 11.8. The lowest BCUT2D eigenvalue weighted by Gasteiger charge is -2.26. The SMILES string of the molecule is CC(C)C(=O)C(=O)N(C(C)C)C1CC1. The predicted molar refractivity (Wildman–Crippen MR) is 54.8 cm³/mol. The number of hydrogen-bond acceptors (Lipinski definition) is 2. The zero-order valence-electron chi connectivity index (χ0n) is 9.41. The number of carbonyl (C=O) groups excluding carboxylic acids is 2. The Morgan fingerprint density at radius 3 is 1.93 bits per heavy atom. The summed E-state index contributed by atoms with van der Waals surface area (Å²) in [5.74, 6) is -0.745. The van der Waals surface area contributed by atoms with Crippen molar-refractivity contribution in [1.82, 2.24) is 4.90 Å². The van der Waals surface area contributed by atoms with E-state index in [1.807, 2.05) is 13.8 Å². The summed E-state index contributed by atoms with van der Waals surface area (Å²) in [6.07, 6.45) is 2.10. The lowest BCUT2D eigenvalue weighted by Crippen LogP contribution is -2.44. The van der Waals surface area contributed by atoms with Gasteiger partial charge in [-0.25, -0.2) is 0 Å². The number of amides is 1. The first-order chi connectivity index (χ1) is 6.45. The predicted octanol–water partition coefficient (Wildman–Crippen LogP) is 1.61. The monoisotopic (exact) mass is 197 g/mol. The Hall–Kier alpha value is -0.860. The third-order valence-corrected chi connectivity index (χ3v) is 2.47. The van der Waals surface area contributed by atoms with Crippen LogP contribution in [0.4, 0.5) is 0 Å². The second-order valence-corrected chi connectivity index (χ2v) is 4.56. The van der Waals surface area contributed by atoms with Crippen LogP contribution in [0.3, 0.4) is 0 Å². The summed E-state index contributed by atoms with van der Waals surface area (Å²) in [4.78, 5) is 25.1. The van der Waals surface area contributed by atoms with Gasteiger partial charge in [0, 0.05) is 18.0 Å². The molecule has 0 saturated heterocycles. The van der Waals surface area contributed by atoms with Crippen molar-refractivity contribution in [2.24, 2.45) is 5.92 Å². The summed E-state index contributed by atoms with van der Waals surface area (Å²) in [7, 11) is 0. The number of Topliss-reactive ketones (excluding diaryl/α,β-unsaturated/α-hetero) is 1. The summed E-state index contributed by atoms with van der Waals surface area (Å²) >= 11 is 0. The van der Waals surface area contributed by atoms with Crippen molar-refractivity contribution in [2.75, 3.05) is 0 Å². The van der Waals surface area contributed by atoms with Crippen molar-refractivity contribution in [3.8, 4) is 0 Å². The first-order valence-corrected chi connectivity index (χ1v) is 5.31. The van der Waals surface area contributed by atoms with E-state index in [1.54, 1.807) is 18.7 Å². The molecule has 0 aromatic rings. The van der Waals surface area contributed by atoms with Crippen molar-refractivity contribution >= 4 is 11.7 Å². The molecular weight excluding hydrogens is 178 g/mol. The number of rotatable bonds is 4. The molecule has 1 aliphatic rings. The molecule has 0 aliphatic heterocycles. The highest BCUT2D eigenvalue weighted by Crippen LogP contribution is 2.29. The second-order valence-electron chi connectivity index (χ2n) is 4.56. The Balaban J connectivity index is 2.68. The number of carbonyl (C=O) groups is 2. The minimum Gasteiger partial charge on any atom is -0.331 e. The van der Waals surface area contributed by atoms with E-state index < -0.39 is 0 Å². The summed E-state index contributed by atoms with van der Waals surface area (Å²) in [5, 5.41) is 0. The molecule has 1 fully saturated rings. The van der Waals surface area contributed by atoms with Crippen molar-refractivity contribution in [3.05, 3.63) is 0 Å². The van der Waals surface area contributed by atoms with Gasteiger partial charge in [0.05, 0.1) is 0 Å². The average Bonchev–Trinajstić information content (AvgIpc) is 2.86. The van der Waals surface area contributed by atoms with E-state index >= 15 is 0 Å². The fraction of sp³-hybridized carbons (Fsp3) is 0.818. The first kappa shape index (κ1) is 11.2. The van der Waals surface area contributed by atoms with E-state index in [0.29, 0.717) is 6.04 Å². The largest absolute Gasteiger partial charge is 0.331 e. The quantitative estimate of drug-likeness (QED) is 0.642. The zero-order valence-corrected chi connectivity index (χ0v) is 9.41. The van der Waals surface area contributed by atoms with Crippen LogP contribution < -0.4 is 0 Å². The second kappa shape index (κ2) is 4.11. The molecule has 3 heteroatoms. The Labute approximate surface area is 85.5 Å². The maximum atomic E-state index is 11.8. The lowest BCUT2D eigenvalue weighted by atomic mass is 10.1. The van der Waals surface area contributed by atoms with Gasteiger partial charge in [-0.1, -0.05) is 13.8 Å². The highest BCUT2D eigenvalue weighted by molar-refractivity contribution is 6.36. The van der Waals surface area contributed by atoms with Crippen LogP contribution >= 0.6 is 0 Å². The van der Waals surface area contributed by atoms with Crippen LogP contribution in [0.1, 0.15) is 40.5 Å². The standard InChI is InChI=1S/C11H19NO2/c1-7(2)10(13)11(14)12(8(3)4)9-5-6-9/h7-9H,5-6H2,1-4H3. The summed E-state index contributed by atoms with van der Waals surface area (Å²) in [6.45, 7) is 7.46. The number of nitrogens with zero attached hydrogens (tertiary/aromatic N) is 1. The summed E-state index contributed by atoms with van der Waals surface area (Å²) in [5.41, 5.74) is 0. The molecule has 0 unspecified atom stereocenters. The molecule has 3 nitrogen and oxygen atoms in total. The average molecular weight is 197 g/mol. The van der Waals surface area contributed by atoms with Gasteiger partial charge in [-0.2, -0.15) is 0 Å². The lowest BCUT2D eigenvalue weighted by molar-refractivity contribution is -0.147. The fourth-order valence-corrected chi connectivity index (χ4v) is 1.55. The van der Waals surface area contributed by atoms with Gasteiger partial charge in [0.2, 0.25) is 5.78 Å². The third-order valence-electron chi connectivity index (χ3n) is 2.47. The van der Waals surface area contributed by atoms with Crippen LogP contribution in [0.2, 0.25) is 0 Å². The van der Waals surface area contributed by atoms with Crippen LogP contribution in [0.15, 0.2) is 0 Å². The molecule has 0 aromatic carbocycles. The molecule has 1 rings (SSSR count). The first-order valence-electron chi connectivity index (χ1n) is 5.31. The molecule has 0 N–H and O–H groups in total. The summed E-state index contributed by atoms with van der Waals surface area (Å²) < 4.78 is 0. The van der Waals surface area contributed by atoms with Crippen LogP contribution in [0.25, 0.3) is 0 Å². The van der Waals surface area contributed by atoms with E-state index in [-0.39, 0.29) is 23.7 Å². The molecule has 14 heavy (non-hydrogen) atoms. The Kier molecular flexibility index (Phi) is 3.29. The minimum atomic E-state index is -0.294. The Morgan fingerprint density at radius 2 is 1.64 bits per heavy atom. The van der Waals surface area contributed by atoms with Gasteiger partial charge >= 0.3 is 0 Å². The van der Waals surface area contributed by atoms with Gasteiger partial charge in [0.15, 0.2) is 0 Å². The van der Waals surface area contributed by atoms with E-state index in [1.165, 1.54) is 0 Å². The van der Waals surface area contributed by atoms with Gasteiger partial charge in [-0.05, 0) is 26.7 Å². The smallest absolute Gasteiger partial charge is 0.290 e. The molecule has 0 radical (unpaired) electrons. The van der Waals surface area contributed by atoms with Gasteiger partial charge in [-0.3, -0.25) is 9.59 Å². The van der Waals surface area contributed by atoms with Crippen molar-refractivity contribution < 1.29 is 9.59 Å². The molecule has 0 heterocycles. The van der Waals surface area contributed by atoms with E-state index in [2.05, 4.69) is 0 Å². The van der Waals surface area contributed by atoms with Crippen molar-refractivity contribution in [3.63, 3.8) is 0 Å². The molecule has 0 atom stereocenters. The van der Waals surface area contributed by atoms with Gasteiger partial charge < -0.3 is 4.90 Å². The molecule has 0 spiro atoms. The van der Waals surface area contributed by atoms with Crippen LogP contribution in [0, 0.1) is 5.92 Å². The van der Waals surface area contributed by atoms with Crippen LogP contribution in [0.5, 0.6) is 0 Å². The fourth-order valence-electron chi connectivity index (χ4n) is 1.55. The van der Waals surface area contributed by atoms with Crippen molar-refractivity contribution in [2.45, 2.75) is 52.6 Å². The van der Waals surface area contributed by atoms with Gasteiger partial charge in [0.1, 0.15) is 0 Å². The molecule has 1 aliphatic carbocycles. The topological polar surface area (TPSA) is 37.4 Å². The number of hydrogen-bond donors (Lipinski definition) is 0. The Morgan fingerprint density at radius 1 is 1.14 bits per heavy atom. The minimum absolute atomic E-state index is 0.137. The summed E-state index contributed by atoms with van der Waals surface area (Å²) in [6, 6.07) is 0.461. The van der Waals surface area contributed by atoms with Gasteiger partial charge in [0.25, 0.3) is 5.91 Å². The molecular formula is C11H19NO2. The highest BCUT2D eigenvalue weighted by atomic mass is 16.2. The number of ketones is 1. The third kappa shape index (κ3) is 2.34. The highest BCUT2D eigenvalue weighted by Gasteiger charge is 2.37. The van der Waals surface area contributed by atoms with Crippen LogP contribution in [-0.4, -0.2) is 28.7 Å². The molecule has 1 saturated carbocycles. The van der Waals surface area contributed by atoms with E-state index in [0.717, 1.165) is 12.8 Å². The van der Waals surface area contributed by atoms with Gasteiger partial charge in [-0.15, -0.1) is 0 Å². The maximum Gasteiger partial charge on any atom is 0.290 e. The molecule has 80 valence electrons. The zero-order chi connectivity index (χ0) is 10.9. The van der Waals surface area contributed by atoms with Crippen LogP contribution in [-0.2, 0) is 9.59 Å². The Bertz CT molecular complexity index is 240. The van der Waals surface area contributed by atoms with E-state index in [9.17, 15) is 9.59 Å². The normalized spacial score (nSPS) is 16.1. The molecule has 0 bridgehead atoms. The van der Waals surface area contributed by atoms with Crippen molar-refractivity contribution in [1.29, 1.82) is 0 Å². The molecule has 0 aromatic heterocycles. The molecule has 1 amide bonds.